The molecule has 0 radical (unpaired) electrons. The van der Waals surface area contributed by atoms with Crippen LogP contribution in [0.1, 0.15) is 30.9 Å². The average molecular weight is 414 g/mol. The molecule has 2 aliphatic heterocycles. The standard InChI is InChI=1S/C22H24ClN3O3/c23-17-12-15(13-20-21(17)29-11-3-10-28-20)14-25-8-6-16(7-9-25)26-19-5-2-1-4-18(19)24-22(26)27/h1-2,4-5,12-13,16H,3,6-11,14H2,(H,24,27). The van der Waals surface area contributed by atoms with Gasteiger partial charge in [0.25, 0.3) is 0 Å². The molecule has 0 unspecified atom stereocenters. The molecule has 152 valence electrons. The lowest BCUT2D eigenvalue weighted by Crippen LogP contribution is -2.36. The van der Waals surface area contributed by atoms with Gasteiger partial charge >= 0.3 is 5.69 Å². The highest BCUT2D eigenvalue weighted by Gasteiger charge is 2.24. The first-order valence-electron chi connectivity index (χ1n) is 10.2. The van der Waals surface area contributed by atoms with Gasteiger partial charge in [-0.05, 0) is 42.7 Å². The van der Waals surface area contributed by atoms with E-state index in [1.165, 1.54) is 0 Å². The highest BCUT2D eigenvalue weighted by Crippen LogP contribution is 2.38. The lowest BCUT2D eigenvalue weighted by atomic mass is 10.0. The van der Waals surface area contributed by atoms with E-state index in [9.17, 15) is 4.79 Å². The second kappa shape index (κ2) is 7.76. The number of fused-ring (bicyclic) bond motifs is 2. The van der Waals surface area contributed by atoms with Gasteiger partial charge in [0.05, 0.1) is 29.3 Å². The van der Waals surface area contributed by atoms with E-state index in [2.05, 4.69) is 9.88 Å². The fraction of sp³-hybridized carbons (Fsp3) is 0.409. The number of H-pyrrole nitrogens is 1. The molecule has 0 spiro atoms. The molecule has 0 aliphatic carbocycles. The number of ether oxygens (including phenoxy) is 2. The van der Waals surface area contributed by atoms with Crippen LogP contribution in [0.3, 0.4) is 0 Å². The molecule has 0 atom stereocenters. The Bertz CT molecular complexity index is 1080. The molecule has 5 rings (SSSR count). The zero-order valence-electron chi connectivity index (χ0n) is 16.2. The minimum atomic E-state index is -0.0145. The maximum Gasteiger partial charge on any atom is 0.326 e. The normalized spacial score (nSPS) is 18.1. The van der Waals surface area contributed by atoms with Crippen molar-refractivity contribution in [3.05, 3.63) is 57.5 Å². The van der Waals surface area contributed by atoms with E-state index < -0.39 is 0 Å². The molecule has 3 aromatic rings. The van der Waals surface area contributed by atoms with E-state index in [-0.39, 0.29) is 11.7 Å². The number of benzene rings is 2. The quantitative estimate of drug-likeness (QED) is 0.705. The number of hydrogen-bond donors (Lipinski definition) is 1. The van der Waals surface area contributed by atoms with Crippen LogP contribution in [0.2, 0.25) is 5.02 Å². The summed E-state index contributed by atoms with van der Waals surface area (Å²) in [6.07, 6.45) is 2.75. The van der Waals surface area contributed by atoms with Gasteiger partial charge in [-0.2, -0.15) is 0 Å². The first kappa shape index (κ1) is 18.6. The molecule has 6 nitrogen and oxygen atoms in total. The molecule has 0 amide bonds. The second-order valence-electron chi connectivity index (χ2n) is 7.78. The largest absolute Gasteiger partial charge is 0.489 e. The lowest BCUT2D eigenvalue weighted by Gasteiger charge is -2.32. The Kier molecular flexibility index (Phi) is 4.97. The molecule has 2 aliphatic rings. The first-order valence-corrected chi connectivity index (χ1v) is 10.6. The Morgan fingerprint density at radius 2 is 1.90 bits per heavy atom. The molecule has 3 heterocycles. The van der Waals surface area contributed by atoms with Gasteiger partial charge in [0, 0.05) is 32.1 Å². The van der Waals surface area contributed by atoms with Gasteiger partial charge in [-0.3, -0.25) is 9.47 Å². The summed E-state index contributed by atoms with van der Waals surface area (Å²) in [5.74, 6) is 1.40. The summed E-state index contributed by atoms with van der Waals surface area (Å²) in [4.78, 5) is 17.8. The smallest absolute Gasteiger partial charge is 0.326 e. The first-order chi connectivity index (χ1) is 14.2. The Balaban J connectivity index is 1.29. The number of imidazole rings is 1. The summed E-state index contributed by atoms with van der Waals surface area (Å²) < 4.78 is 13.5. The van der Waals surface area contributed by atoms with Crippen molar-refractivity contribution in [3.8, 4) is 11.5 Å². The van der Waals surface area contributed by atoms with Crippen LogP contribution < -0.4 is 15.2 Å². The number of aromatic nitrogens is 2. The van der Waals surface area contributed by atoms with Crippen LogP contribution in [-0.4, -0.2) is 40.8 Å². The van der Waals surface area contributed by atoms with Gasteiger partial charge in [0.2, 0.25) is 0 Å². The lowest BCUT2D eigenvalue weighted by molar-refractivity contribution is 0.179. The zero-order valence-corrected chi connectivity index (χ0v) is 17.0. The van der Waals surface area contributed by atoms with Gasteiger partial charge < -0.3 is 14.5 Å². The molecule has 2 aromatic carbocycles. The third-order valence-corrected chi connectivity index (χ3v) is 6.10. The van der Waals surface area contributed by atoms with Crippen molar-refractivity contribution in [2.24, 2.45) is 0 Å². The van der Waals surface area contributed by atoms with Crippen LogP contribution in [0.4, 0.5) is 0 Å². The third kappa shape index (κ3) is 3.63. The van der Waals surface area contributed by atoms with Crippen LogP contribution in [0.15, 0.2) is 41.2 Å². The van der Waals surface area contributed by atoms with E-state index >= 15 is 0 Å². The fourth-order valence-electron chi connectivity index (χ4n) is 4.41. The molecule has 7 heteroatoms. The summed E-state index contributed by atoms with van der Waals surface area (Å²) in [5.41, 5.74) is 3.01. The van der Waals surface area contributed by atoms with E-state index in [1.807, 2.05) is 41.0 Å². The highest BCUT2D eigenvalue weighted by molar-refractivity contribution is 6.32. The molecule has 29 heavy (non-hydrogen) atoms. The van der Waals surface area contributed by atoms with Crippen molar-refractivity contribution in [1.82, 2.24) is 14.5 Å². The van der Waals surface area contributed by atoms with E-state index in [0.29, 0.717) is 24.0 Å². The van der Waals surface area contributed by atoms with Gasteiger partial charge in [-0.1, -0.05) is 23.7 Å². The van der Waals surface area contributed by atoms with Crippen LogP contribution in [0, 0.1) is 0 Å². The Labute approximate surface area is 174 Å². The van der Waals surface area contributed by atoms with Gasteiger partial charge in [0.1, 0.15) is 0 Å². The van der Waals surface area contributed by atoms with Crippen LogP contribution in [0.25, 0.3) is 11.0 Å². The van der Waals surface area contributed by atoms with Crippen LogP contribution in [0.5, 0.6) is 11.5 Å². The van der Waals surface area contributed by atoms with Crippen molar-refractivity contribution in [2.45, 2.75) is 31.8 Å². The Morgan fingerprint density at radius 3 is 2.76 bits per heavy atom. The van der Waals surface area contributed by atoms with E-state index in [0.717, 1.165) is 61.2 Å². The predicted octanol–water partition coefficient (Wildman–Crippen LogP) is 3.98. The average Bonchev–Trinajstić information content (AvgIpc) is 2.88. The second-order valence-corrected chi connectivity index (χ2v) is 8.19. The maximum absolute atomic E-state index is 12.5. The number of likely N-dealkylation sites (tertiary alicyclic amines) is 1. The summed E-state index contributed by atoms with van der Waals surface area (Å²) in [6.45, 7) is 3.96. The number of nitrogens with zero attached hydrogens (tertiary/aromatic N) is 2. The molecule has 0 saturated carbocycles. The van der Waals surface area contributed by atoms with Crippen molar-refractivity contribution in [3.63, 3.8) is 0 Å². The monoisotopic (exact) mass is 413 g/mol. The topological polar surface area (TPSA) is 59.5 Å². The van der Waals surface area contributed by atoms with E-state index in [1.54, 1.807) is 0 Å². The third-order valence-electron chi connectivity index (χ3n) is 5.81. The minimum Gasteiger partial charge on any atom is -0.489 e. The van der Waals surface area contributed by atoms with Gasteiger partial charge in [-0.15, -0.1) is 0 Å². The number of halogens is 1. The number of nitrogens with one attached hydrogen (secondary N) is 1. The molecular weight excluding hydrogens is 390 g/mol. The van der Waals surface area contributed by atoms with Crippen molar-refractivity contribution in [1.29, 1.82) is 0 Å². The highest BCUT2D eigenvalue weighted by atomic mass is 35.5. The summed E-state index contributed by atoms with van der Waals surface area (Å²) >= 11 is 6.44. The van der Waals surface area contributed by atoms with Crippen molar-refractivity contribution < 1.29 is 9.47 Å². The molecule has 1 fully saturated rings. The zero-order chi connectivity index (χ0) is 19.8. The van der Waals surface area contributed by atoms with Crippen LogP contribution in [-0.2, 0) is 6.54 Å². The maximum atomic E-state index is 12.5. The minimum absolute atomic E-state index is 0.0145. The molecule has 1 N–H and O–H groups in total. The van der Waals surface area contributed by atoms with Crippen molar-refractivity contribution in [2.75, 3.05) is 26.3 Å². The summed E-state index contributed by atoms with van der Waals surface area (Å²) in [5, 5.41) is 0.611. The molecule has 1 saturated heterocycles. The fourth-order valence-corrected chi connectivity index (χ4v) is 4.69. The summed E-state index contributed by atoms with van der Waals surface area (Å²) in [7, 11) is 0. The number of para-hydroxylation sites is 2. The van der Waals surface area contributed by atoms with Gasteiger partial charge in [-0.25, -0.2) is 4.79 Å². The predicted molar refractivity (Wildman–Crippen MR) is 113 cm³/mol. The number of rotatable bonds is 3. The van der Waals surface area contributed by atoms with Crippen molar-refractivity contribution >= 4 is 22.6 Å². The summed E-state index contributed by atoms with van der Waals surface area (Å²) in [6, 6.07) is 12.1. The number of hydrogen-bond acceptors (Lipinski definition) is 4. The SMILES string of the molecule is O=c1[nH]c2ccccc2n1C1CCN(Cc2cc(Cl)c3c(c2)OCCCO3)CC1. The Hall–Kier alpha value is -2.44. The molecule has 0 bridgehead atoms. The Morgan fingerprint density at radius 1 is 1.10 bits per heavy atom. The molecular formula is C22H24ClN3O3. The van der Waals surface area contributed by atoms with Crippen LogP contribution >= 0.6 is 11.6 Å². The number of aromatic amines is 1. The molecule has 1 aromatic heterocycles. The van der Waals surface area contributed by atoms with Gasteiger partial charge in [0.15, 0.2) is 11.5 Å². The van der Waals surface area contributed by atoms with E-state index in [4.69, 9.17) is 21.1 Å². The number of piperidine rings is 1.